The van der Waals surface area contributed by atoms with Crippen LogP contribution in [0.5, 0.6) is 5.75 Å². The van der Waals surface area contributed by atoms with Crippen LogP contribution in [0.25, 0.3) is 11.8 Å². The van der Waals surface area contributed by atoms with Gasteiger partial charge in [-0.1, -0.05) is 0 Å². The minimum Gasteiger partial charge on any atom is -0.494 e. The Morgan fingerprint density at radius 1 is 1.33 bits per heavy atom. The number of carbonyl (C=O) groups excluding carboxylic acids is 1. The van der Waals surface area contributed by atoms with Crippen LogP contribution in [-0.4, -0.2) is 24.1 Å². The monoisotopic (exact) mass is 323 g/mol. The van der Waals surface area contributed by atoms with Crippen LogP contribution in [0.15, 0.2) is 35.9 Å². The van der Waals surface area contributed by atoms with Crippen molar-refractivity contribution in [1.82, 2.24) is 9.88 Å². The van der Waals surface area contributed by atoms with E-state index in [2.05, 4.69) is 9.88 Å². The van der Waals surface area contributed by atoms with Gasteiger partial charge in [-0.3, -0.25) is 4.79 Å². The van der Waals surface area contributed by atoms with Crippen molar-refractivity contribution in [3.63, 3.8) is 0 Å². The molecule has 0 aliphatic carbocycles. The zero-order valence-corrected chi connectivity index (χ0v) is 14.4. The average molecular weight is 323 g/mol. The molecule has 0 aliphatic rings. The molecular formula is C19H21N3O2. The van der Waals surface area contributed by atoms with E-state index in [-0.39, 0.29) is 11.5 Å². The van der Waals surface area contributed by atoms with E-state index in [0.717, 1.165) is 28.4 Å². The van der Waals surface area contributed by atoms with Crippen LogP contribution in [0.4, 0.5) is 0 Å². The molecule has 2 rings (SSSR count). The van der Waals surface area contributed by atoms with Crippen LogP contribution in [0.2, 0.25) is 0 Å². The molecule has 1 aromatic heterocycles. The first-order chi connectivity index (χ1) is 11.5. The number of aromatic nitrogens is 1. The van der Waals surface area contributed by atoms with Crippen molar-refractivity contribution < 1.29 is 9.53 Å². The molecule has 1 heterocycles. The lowest BCUT2D eigenvalue weighted by Crippen LogP contribution is -2.19. The van der Waals surface area contributed by atoms with Gasteiger partial charge in [0.15, 0.2) is 0 Å². The molecule has 0 aliphatic heterocycles. The molecule has 0 saturated carbocycles. The highest BCUT2D eigenvalue weighted by Gasteiger charge is 2.12. The number of hydrogen-bond acceptors (Lipinski definition) is 3. The van der Waals surface area contributed by atoms with Crippen molar-refractivity contribution in [2.45, 2.75) is 20.8 Å². The van der Waals surface area contributed by atoms with E-state index >= 15 is 0 Å². The van der Waals surface area contributed by atoms with Gasteiger partial charge in [-0.25, -0.2) is 0 Å². The Bertz CT molecular complexity index is 808. The molecule has 1 amide bonds. The van der Waals surface area contributed by atoms with Crippen molar-refractivity contribution in [1.29, 1.82) is 5.26 Å². The first-order valence-corrected chi connectivity index (χ1v) is 7.77. The fourth-order valence-electron chi connectivity index (χ4n) is 2.63. The minimum atomic E-state index is -0.386. The molecule has 0 bridgehead atoms. The van der Waals surface area contributed by atoms with Gasteiger partial charge in [0.1, 0.15) is 17.4 Å². The van der Waals surface area contributed by atoms with Crippen molar-refractivity contribution in [2.24, 2.45) is 0 Å². The summed E-state index contributed by atoms with van der Waals surface area (Å²) in [4.78, 5) is 11.7. The highest BCUT2D eigenvalue weighted by atomic mass is 16.5. The molecule has 5 nitrogen and oxygen atoms in total. The summed E-state index contributed by atoms with van der Waals surface area (Å²) in [7, 11) is 1.51. The topological polar surface area (TPSA) is 67.0 Å². The summed E-state index contributed by atoms with van der Waals surface area (Å²) in [6.45, 7) is 6.54. The van der Waals surface area contributed by atoms with Gasteiger partial charge in [0, 0.05) is 24.1 Å². The van der Waals surface area contributed by atoms with Crippen molar-refractivity contribution in [3.05, 3.63) is 52.9 Å². The number of nitrogens with zero attached hydrogens (tertiary/aromatic N) is 2. The first-order valence-electron chi connectivity index (χ1n) is 7.77. The van der Waals surface area contributed by atoms with E-state index < -0.39 is 0 Å². The molecule has 124 valence electrons. The Balaban J connectivity index is 2.44. The van der Waals surface area contributed by atoms with Gasteiger partial charge in [0.25, 0.3) is 5.91 Å². The lowest BCUT2D eigenvalue weighted by atomic mass is 10.1. The van der Waals surface area contributed by atoms with Crippen LogP contribution < -0.4 is 10.1 Å². The fraction of sp³-hybridized carbons (Fsp3) is 0.263. The van der Waals surface area contributed by atoms with Crippen LogP contribution in [-0.2, 0) is 4.79 Å². The van der Waals surface area contributed by atoms with Crippen LogP contribution in [0, 0.1) is 25.2 Å². The van der Waals surface area contributed by atoms with E-state index in [9.17, 15) is 4.79 Å². The Hall–Kier alpha value is -3.00. The zero-order chi connectivity index (χ0) is 17.7. The van der Waals surface area contributed by atoms with E-state index in [4.69, 9.17) is 10.00 Å². The molecule has 2 aromatic rings. The van der Waals surface area contributed by atoms with Crippen LogP contribution >= 0.6 is 0 Å². The maximum absolute atomic E-state index is 11.7. The fourth-order valence-corrected chi connectivity index (χ4v) is 2.63. The summed E-state index contributed by atoms with van der Waals surface area (Å²) in [5, 5.41) is 11.6. The largest absolute Gasteiger partial charge is 0.494 e. The van der Waals surface area contributed by atoms with Gasteiger partial charge in [-0.2, -0.15) is 5.26 Å². The molecule has 0 saturated heterocycles. The summed E-state index contributed by atoms with van der Waals surface area (Å²) >= 11 is 0. The van der Waals surface area contributed by atoms with E-state index in [0.29, 0.717) is 6.61 Å². The van der Waals surface area contributed by atoms with E-state index in [1.807, 2.05) is 57.2 Å². The van der Waals surface area contributed by atoms with E-state index in [1.165, 1.54) is 7.05 Å². The van der Waals surface area contributed by atoms with Gasteiger partial charge in [0.05, 0.1) is 6.61 Å². The van der Waals surface area contributed by atoms with Gasteiger partial charge < -0.3 is 14.6 Å². The minimum absolute atomic E-state index is 0.0874. The third kappa shape index (κ3) is 3.49. The number of rotatable bonds is 5. The molecule has 0 spiro atoms. The third-order valence-corrected chi connectivity index (χ3v) is 3.77. The summed E-state index contributed by atoms with van der Waals surface area (Å²) < 4.78 is 7.55. The average Bonchev–Trinajstić information content (AvgIpc) is 2.87. The van der Waals surface area contributed by atoms with Gasteiger partial charge in [-0.05, 0) is 62.7 Å². The third-order valence-electron chi connectivity index (χ3n) is 3.77. The van der Waals surface area contributed by atoms with E-state index in [1.54, 1.807) is 6.08 Å². The molecule has 0 unspecified atom stereocenters. The number of carbonyl (C=O) groups is 1. The SMILES string of the molecule is CCOc1ccc(-n2c(C)cc(/C=C(\C#N)C(=O)NC)c2C)cc1. The molecule has 0 radical (unpaired) electrons. The number of nitriles is 1. The van der Waals surface area contributed by atoms with Gasteiger partial charge in [-0.15, -0.1) is 0 Å². The van der Waals surface area contributed by atoms with Crippen molar-refractivity contribution >= 4 is 12.0 Å². The number of hydrogen-bond donors (Lipinski definition) is 1. The van der Waals surface area contributed by atoms with Crippen molar-refractivity contribution in [2.75, 3.05) is 13.7 Å². The number of nitrogens with one attached hydrogen (secondary N) is 1. The second-order valence-electron chi connectivity index (χ2n) is 5.34. The normalized spacial score (nSPS) is 11.0. The summed E-state index contributed by atoms with van der Waals surface area (Å²) in [5.74, 6) is 0.443. The smallest absolute Gasteiger partial charge is 0.261 e. The van der Waals surface area contributed by atoms with Gasteiger partial charge in [0.2, 0.25) is 0 Å². The standard InChI is InChI=1S/C19H21N3O2/c1-5-24-18-8-6-17(7-9-18)22-13(2)10-15(14(22)3)11-16(12-20)19(23)21-4/h6-11H,5H2,1-4H3,(H,21,23)/b16-11+. The second-order valence-corrected chi connectivity index (χ2v) is 5.34. The van der Waals surface area contributed by atoms with Crippen LogP contribution in [0.3, 0.4) is 0 Å². The summed E-state index contributed by atoms with van der Waals surface area (Å²) in [6, 6.07) is 11.7. The maximum atomic E-state index is 11.7. The molecule has 0 atom stereocenters. The molecule has 1 aromatic carbocycles. The van der Waals surface area contributed by atoms with Crippen molar-refractivity contribution in [3.8, 4) is 17.5 Å². The number of benzene rings is 1. The number of ether oxygens (including phenoxy) is 1. The molecule has 24 heavy (non-hydrogen) atoms. The Morgan fingerprint density at radius 2 is 2.00 bits per heavy atom. The predicted octanol–water partition coefficient (Wildman–Crippen LogP) is 3.15. The summed E-state index contributed by atoms with van der Waals surface area (Å²) in [5.41, 5.74) is 3.93. The Labute approximate surface area is 142 Å². The first kappa shape index (κ1) is 17.4. The lowest BCUT2D eigenvalue weighted by Gasteiger charge is -2.11. The lowest BCUT2D eigenvalue weighted by molar-refractivity contribution is -0.116. The molecule has 1 N–H and O–H groups in total. The highest BCUT2D eigenvalue weighted by molar-refractivity contribution is 6.01. The van der Waals surface area contributed by atoms with Crippen LogP contribution in [0.1, 0.15) is 23.9 Å². The number of likely N-dealkylation sites (N-methyl/N-ethyl adjacent to an activating group) is 1. The Morgan fingerprint density at radius 3 is 2.54 bits per heavy atom. The van der Waals surface area contributed by atoms with Gasteiger partial charge >= 0.3 is 0 Å². The maximum Gasteiger partial charge on any atom is 0.261 e. The molecular weight excluding hydrogens is 302 g/mol. The highest BCUT2D eigenvalue weighted by Crippen LogP contribution is 2.24. The Kier molecular flexibility index (Phi) is 5.43. The molecule has 0 fully saturated rings. The molecule has 5 heteroatoms. The zero-order valence-electron chi connectivity index (χ0n) is 14.4. The predicted molar refractivity (Wildman–Crippen MR) is 94.1 cm³/mol. The second kappa shape index (κ2) is 7.51. The summed E-state index contributed by atoms with van der Waals surface area (Å²) in [6.07, 6.45) is 1.62. The number of aryl methyl sites for hydroxylation is 1. The number of amides is 1. The quantitative estimate of drug-likeness (QED) is 0.679.